The smallest absolute Gasteiger partial charge is 0.264 e. The Morgan fingerprint density at radius 3 is 2.81 bits per heavy atom. The van der Waals surface area contributed by atoms with Crippen LogP contribution in [0.4, 0.5) is 5.69 Å². The summed E-state index contributed by atoms with van der Waals surface area (Å²) in [5.74, 6) is -3.01. The molecule has 0 bridgehead atoms. The summed E-state index contributed by atoms with van der Waals surface area (Å²) in [5, 5.41) is 20.7. The van der Waals surface area contributed by atoms with Gasteiger partial charge in [-0.15, -0.1) is 5.10 Å². The highest BCUT2D eigenvalue weighted by Crippen LogP contribution is 2.32. The molecule has 13 nitrogen and oxygen atoms in total. The normalized spacial score (nSPS) is 17.3. The number of carbonyl (C=O) groups is 5. The average Bonchev–Trinajstić information content (AvgIpc) is 3.59. The van der Waals surface area contributed by atoms with Gasteiger partial charge in [-0.05, 0) is 30.7 Å². The molecule has 2 aliphatic heterocycles. The van der Waals surface area contributed by atoms with Crippen LogP contribution in [0.3, 0.4) is 0 Å². The number of rotatable bonds is 5. The lowest BCUT2D eigenvalue weighted by atomic mass is 10.0. The van der Waals surface area contributed by atoms with E-state index in [-0.39, 0.29) is 36.2 Å². The Kier molecular flexibility index (Phi) is 5.10. The predicted molar refractivity (Wildman–Crippen MR) is 127 cm³/mol. The Labute approximate surface area is 207 Å². The number of aromatic nitrogens is 5. The van der Waals surface area contributed by atoms with Crippen LogP contribution in [0.15, 0.2) is 48.8 Å². The minimum Gasteiger partial charge on any atom is -0.324 e. The van der Waals surface area contributed by atoms with Crippen molar-refractivity contribution in [3.63, 3.8) is 0 Å². The molecule has 1 saturated heterocycles. The van der Waals surface area contributed by atoms with Gasteiger partial charge < -0.3 is 5.32 Å². The topological polar surface area (TPSA) is 172 Å². The first kappa shape index (κ1) is 22.3. The number of aromatic amines is 1. The molecule has 0 radical (unpaired) electrons. The number of benzene rings is 2. The number of anilines is 1. The quantitative estimate of drug-likeness (QED) is 0.340. The van der Waals surface area contributed by atoms with Crippen molar-refractivity contribution in [2.45, 2.75) is 25.4 Å². The van der Waals surface area contributed by atoms with Gasteiger partial charge in [0.05, 0.1) is 34.7 Å². The molecule has 1 fully saturated rings. The maximum Gasteiger partial charge on any atom is 0.264 e. The van der Waals surface area contributed by atoms with Gasteiger partial charge >= 0.3 is 0 Å². The van der Waals surface area contributed by atoms with Gasteiger partial charge in [-0.3, -0.25) is 39.3 Å². The van der Waals surface area contributed by atoms with Crippen LogP contribution < -0.4 is 10.6 Å². The Balaban J connectivity index is 1.19. The van der Waals surface area contributed by atoms with Gasteiger partial charge in [-0.2, -0.15) is 5.10 Å². The van der Waals surface area contributed by atoms with Crippen molar-refractivity contribution in [1.82, 2.24) is 35.4 Å². The third-order valence-corrected chi connectivity index (χ3v) is 6.32. The van der Waals surface area contributed by atoms with Crippen molar-refractivity contribution in [3.05, 3.63) is 59.9 Å². The fourth-order valence-corrected chi connectivity index (χ4v) is 4.57. The van der Waals surface area contributed by atoms with Crippen LogP contribution >= 0.6 is 0 Å². The standard InChI is InChI=1S/C24H18N8O5/c33-19-7-6-18(22(35)27-19)32-23(36)14-2-1-3-16(21(14)24(32)37)26-20(34)11-31-10-17(29-30-31)12-4-5-15-13(8-12)9-25-28-15/h1-5,8-10,18H,6-7,11H2,(H,25,28)(H,26,34)(H,27,33,35). The summed E-state index contributed by atoms with van der Waals surface area (Å²) in [6, 6.07) is 9.03. The first-order chi connectivity index (χ1) is 17.9. The molecule has 3 N–H and O–H groups in total. The van der Waals surface area contributed by atoms with E-state index in [1.165, 1.54) is 22.9 Å². The van der Waals surface area contributed by atoms with E-state index < -0.39 is 35.6 Å². The lowest BCUT2D eigenvalue weighted by Gasteiger charge is -2.27. The molecule has 184 valence electrons. The molecule has 37 heavy (non-hydrogen) atoms. The number of fused-ring (bicyclic) bond motifs is 2. The minimum absolute atomic E-state index is 0.00163. The van der Waals surface area contributed by atoms with E-state index in [1.807, 2.05) is 18.2 Å². The second-order valence-corrected chi connectivity index (χ2v) is 8.70. The van der Waals surface area contributed by atoms with Crippen LogP contribution in [-0.2, 0) is 20.9 Å². The van der Waals surface area contributed by atoms with Crippen LogP contribution in [0.1, 0.15) is 33.6 Å². The van der Waals surface area contributed by atoms with Crippen molar-refractivity contribution in [2.75, 3.05) is 5.32 Å². The maximum atomic E-state index is 13.2. The molecule has 4 heterocycles. The zero-order valence-electron chi connectivity index (χ0n) is 19.1. The molecule has 0 spiro atoms. The number of nitrogens with zero attached hydrogens (tertiary/aromatic N) is 5. The fourth-order valence-electron chi connectivity index (χ4n) is 4.57. The Bertz CT molecular complexity index is 1640. The van der Waals surface area contributed by atoms with Crippen LogP contribution in [-0.4, -0.2) is 65.7 Å². The highest BCUT2D eigenvalue weighted by molar-refractivity contribution is 6.26. The van der Waals surface area contributed by atoms with Crippen LogP contribution in [0.5, 0.6) is 0 Å². The number of nitrogens with one attached hydrogen (secondary N) is 3. The second-order valence-electron chi connectivity index (χ2n) is 8.70. The summed E-state index contributed by atoms with van der Waals surface area (Å²) in [4.78, 5) is 63.6. The fraction of sp³-hybridized carbons (Fsp3) is 0.167. The van der Waals surface area contributed by atoms with Gasteiger partial charge in [0.1, 0.15) is 18.3 Å². The zero-order chi connectivity index (χ0) is 25.7. The van der Waals surface area contributed by atoms with Crippen molar-refractivity contribution >= 4 is 46.1 Å². The lowest BCUT2D eigenvalue weighted by molar-refractivity contribution is -0.136. The minimum atomic E-state index is -1.09. The molecule has 1 atom stereocenters. The maximum absolute atomic E-state index is 13.2. The molecule has 2 aliphatic rings. The summed E-state index contributed by atoms with van der Waals surface area (Å²) in [6.45, 7) is -0.191. The third kappa shape index (κ3) is 3.82. The number of H-pyrrole nitrogens is 1. The molecule has 0 saturated carbocycles. The highest BCUT2D eigenvalue weighted by Gasteiger charge is 2.45. The number of amides is 5. The van der Waals surface area contributed by atoms with Gasteiger partial charge in [0.2, 0.25) is 17.7 Å². The predicted octanol–water partition coefficient (Wildman–Crippen LogP) is 0.861. The van der Waals surface area contributed by atoms with E-state index in [0.717, 1.165) is 21.4 Å². The Morgan fingerprint density at radius 1 is 1.11 bits per heavy atom. The number of carbonyl (C=O) groups excluding carboxylic acids is 5. The van der Waals surface area contributed by atoms with Gasteiger partial charge in [0.15, 0.2) is 0 Å². The van der Waals surface area contributed by atoms with Crippen molar-refractivity contribution in [3.8, 4) is 11.3 Å². The number of piperidine rings is 1. The van der Waals surface area contributed by atoms with E-state index in [9.17, 15) is 24.0 Å². The molecule has 1 unspecified atom stereocenters. The zero-order valence-corrected chi connectivity index (χ0v) is 19.1. The van der Waals surface area contributed by atoms with E-state index in [2.05, 4.69) is 31.1 Å². The Hall–Kier alpha value is -5.20. The monoisotopic (exact) mass is 498 g/mol. The Morgan fingerprint density at radius 2 is 1.97 bits per heavy atom. The molecule has 13 heteroatoms. The van der Waals surface area contributed by atoms with E-state index in [1.54, 1.807) is 12.4 Å². The van der Waals surface area contributed by atoms with Crippen LogP contribution in [0.2, 0.25) is 0 Å². The molecular formula is C24H18N8O5. The molecule has 5 amide bonds. The summed E-state index contributed by atoms with van der Waals surface area (Å²) >= 11 is 0. The number of hydrogen-bond donors (Lipinski definition) is 3. The summed E-state index contributed by atoms with van der Waals surface area (Å²) in [5.41, 5.74) is 2.47. The summed E-state index contributed by atoms with van der Waals surface area (Å²) in [7, 11) is 0. The molecular weight excluding hydrogens is 480 g/mol. The molecule has 2 aromatic carbocycles. The average molecular weight is 498 g/mol. The van der Waals surface area contributed by atoms with Crippen LogP contribution in [0.25, 0.3) is 22.2 Å². The van der Waals surface area contributed by atoms with Crippen LogP contribution in [0, 0.1) is 0 Å². The van der Waals surface area contributed by atoms with Crippen molar-refractivity contribution in [1.29, 1.82) is 0 Å². The van der Waals surface area contributed by atoms with Crippen molar-refractivity contribution in [2.24, 2.45) is 0 Å². The first-order valence-corrected chi connectivity index (χ1v) is 11.4. The molecule has 0 aliphatic carbocycles. The number of imide groups is 2. The molecule has 6 rings (SSSR count). The van der Waals surface area contributed by atoms with Gasteiger partial charge in [0, 0.05) is 17.4 Å². The second kappa shape index (κ2) is 8.48. The van der Waals surface area contributed by atoms with Gasteiger partial charge in [-0.1, -0.05) is 17.3 Å². The largest absolute Gasteiger partial charge is 0.324 e. The summed E-state index contributed by atoms with van der Waals surface area (Å²) in [6.07, 6.45) is 3.38. The van der Waals surface area contributed by atoms with E-state index >= 15 is 0 Å². The van der Waals surface area contributed by atoms with Gasteiger partial charge in [0.25, 0.3) is 11.8 Å². The first-order valence-electron chi connectivity index (χ1n) is 11.4. The van der Waals surface area contributed by atoms with Crippen molar-refractivity contribution < 1.29 is 24.0 Å². The third-order valence-electron chi connectivity index (χ3n) is 6.32. The van der Waals surface area contributed by atoms with Gasteiger partial charge in [-0.25, -0.2) is 4.68 Å². The van der Waals surface area contributed by atoms with E-state index in [4.69, 9.17) is 0 Å². The lowest BCUT2D eigenvalue weighted by Crippen LogP contribution is -2.54. The molecule has 2 aromatic heterocycles. The van der Waals surface area contributed by atoms with E-state index in [0.29, 0.717) is 5.69 Å². The molecule has 4 aromatic rings. The SMILES string of the molecule is O=C1CCC(N2C(=O)c3cccc(NC(=O)Cn4cc(-c5ccc6[nH]ncc6c5)nn4)c3C2=O)C(=O)N1. The summed E-state index contributed by atoms with van der Waals surface area (Å²) < 4.78 is 1.36. The number of hydrogen-bond acceptors (Lipinski definition) is 8. The highest BCUT2D eigenvalue weighted by atomic mass is 16.2.